The second kappa shape index (κ2) is 7.81. The van der Waals surface area contributed by atoms with Crippen LogP contribution in [0.1, 0.15) is 45.3 Å². The second-order valence-corrected chi connectivity index (χ2v) is 5.98. The third-order valence-corrected chi connectivity index (χ3v) is 3.85. The molecule has 0 bridgehead atoms. The SMILES string of the molecule is CC(C)OCC(O)CN(Cc1ccco1)C1CCCC1. The van der Waals surface area contributed by atoms with Gasteiger partial charge in [-0.25, -0.2) is 0 Å². The summed E-state index contributed by atoms with van der Waals surface area (Å²) in [6.45, 7) is 5.81. The highest BCUT2D eigenvalue weighted by Gasteiger charge is 2.25. The van der Waals surface area contributed by atoms with Crippen LogP contribution < -0.4 is 0 Å². The minimum Gasteiger partial charge on any atom is -0.468 e. The first-order valence-electron chi connectivity index (χ1n) is 7.71. The van der Waals surface area contributed by atoms with Gasteiger partial charge in [-0.2, -0.15) is 0 Å². The van der Waals surface area contributed by atoms with Crippen molar-refractivity contribution in [3.63, 3.8) is 0 Å². The van der Waals surface area contributed by atoms with E-state index in [1.807, 2.05) is 26.0 Å². The van der Waals surface area contributed by atoms with Crippen molar-refractivity contribution in [3.05, 3.63) is 24.2 Å². The molecule has 2 rings (SSSR count). The Hall–Kier alpha value is -0.840. The summed E-state index contributed by atoms with van der Waals surface area (Å²) < 4.78 is 11.0. The van der Waals surface area contributed by atoms with E-state index in [2.05, 4.69) is 4.90 Å². The molecule has 1 fully saturated rings. The number of nitrogens with zero attached hydrogens (tertiary/aromatic N) is 1. The van der Waals surface area contributed by atoms with Crippen LogP contribution in [0.2, 0.25) is 0 Å². The first-order chi connectivity index (χ1) is 9.65. The summed E-state index contributed by atoms with van der Waals surface area (Å²) in [6.07, 6.45) is 6.45. The fourth-order valence-corrected chi connectivity index (χ4v) is 2.84. The van der Waals surface area contributed by atoms with Gasteiger partial charge >= 0.3 is 0 Å². The molecule has 1 atom stereocenters. The van der Waals surface area contributed by atoms with Crippen LogP contribution in [0, 0.1) is 0 Å². The van der Waals surface area contributed by atoms with Crippen LogP contribution in [0.3, 0.4) is 0 Å². The highest BCUT2D eigenvalue weighted by Crippen LogP contribution is 2.25. The Balaban J connectivity index is 1.88. The predicted molar refractivity (Wildman–Crippen MR) is 78.5 cm³/mol. The van der Waals surface area contributed by atoms with Crippen molar-refractivity contribution in [2.24, 2.45) is 0 Å². The molecule has 0 saturated heterocycles. The monoisotopic (exact) mass is 281 g/mol. The Morgan fingerprint density at radius 2 is 2.15 bits per heavy atom. The quantitative estimate of drug-likeness (QED) is 0.796. The lowest BCUT2D eigenvalue weighted by molar-refractivity contribution is -0.0163. The van der Waals surface area contributed by atoms with Gasteiger partial charge in [-0.05, 0) is 38.8 Å². The number of furan rings is 1. The van der Waals surface area contributed by atoms with E-state index < -0.39 is 6.10 Å². The number of rotatable bonds is 8. The first kappa shape index (κ1) is 15.5. The van der Waals surface area contributed by atoms with Gasteiger partial charge in [0.2, 0.25) is 0 Å². The summed E-state index contributed by atoms with van der Waals surface area (Å²) in [4.78, 5) is 2.35. The molecular weight excluding hydrogens is 254 g/mol. The van der Waals surface area contributed by atoms with Gasteiger partial charge in [0.15, 0.2) is 0 Å². The van der Waals surface area contributed by atoms with Gasteiger partial charge in [-0.3, -0.25) is 4.90 Å². The summed E-state index contributed by atoms with van der Waals surface area (Å²) in [5, 5.41) is 10.2. The molecule has 1 unspecified atom stereocenters. The van der Waals surface area contributed by atoms with Crippen molar-refractivity contribution in [1.82, 2.24) is 4.90 Å². The Bertz CT molecular complexity index is 358. The molecule has 1 saturated carbocycles. The lowest BCUT2D eigenvalue weighted by Gasteiger charge is -2.30. The van der Waals surface area contributed by atoms with Gasteiger partial charge in [-0.1, -0.05) is 12.8 Å². The molecule has 4 nitrogen and oxygen atoms in total. The van der Waals surface area contributed by atoms with Gasteiger partial charge in [-0.15, -0.1) is 0 Å². The zero-order chi connectivity index (χ0) is 14.4. The molecule has 1 heterocycles. The van der Waals surface area contributed by atoms with Crippen LogP contribution in [0.5, 0.6) is 0 Å². The minimum absolute atomic E-state index is 0.162. The van der Waals surface area contributed by atoms with Gasteiger partial charge in [0, 0.05) is 12.6 Å². The smallest absolute Gasteiger partial charge is 0.117 e. The van der Waals surface area contributed by atoms with Crippen molar-refractivity contribution in [3.8, 4) is 0 Å². The third kappa shape index (κ3) is 4.93. The molecule has 0 radical (unpaired) electrons. The van der Waals surface area contributed by atoms with E-state index in [1.54, 1.807) is 6.26 Å². The Morgan fingerprint density at radius 3 is 2.75 bits per heavy atom. The van der Waals surface area contributed by atoms with E-state index in [1.165, 1.54) is 25.7 Å². The van der Waals surface area contributed by atoms with Crippen molar-refractivity contribution < 1.29 is 14.3 Å². The normalized spacial score (nSPS) is 18.2. The largest absolute Gasteiger partial charge is 0.468 e. The van der Waals surface area contributed by atoms with Crippen molar-refractivity contribution in [1.29, 1.82) is 0 Å². The Labute approximate surface area is 121 Å². The van der Waals surface area contributed by atoms with E-state index in [0.717, 1.165) is 12.3 Å². The third-order valence-electron chi connectivity index (χ3n) is 3.85. The summed E-state index contributed by atoms with van der Waals surface area (Å²) >= 11 is 0. The molecule has 1 aliphatic carbocycles. The highest BCUT2D eigenvalue weighted by molar-refractivity contribution is 4.99. The van der Waals surface area contributed by atoms with Crippen LogP contribution in [-0.2, 0) is 11.3 Å². The van der Waals surface area contributed by atoms with Crippen LogP contribution >= 0.6 is 0 Å². The Kier molecular flexibility index (Phi) is 6.07. The molecule has 1 N–H and O–H groups in total. The molecular formula is C16H27NO3. The summed E-state index contributed by atoms with van der Waals surface area (Å²) in [5.74, 6) is 0.967. The van der Waals surface area contributed by atoms with E-state index in [4.69, 9.17) is 9.15 Å². The topological polar surface area (TPSA) is 45.8 Å². The predicted octanol–water partition coefficient (Wildman–Crippen LogP) is 2.81. The molecule has 4 heteroatoms. The van der Waals surface area contributed by atoms with E-state index in [9.17, 15) is 5.11 Å². The fourth-order valence-electron chi connectivity index (χ4n) is 2.84. The number of ether oxygens (including phenoxy) is 1. The summed E-state index contributed by atoms with van der Waals surface area (Å²) in [6, 6.07) is 4.48. The van der Waals surface area contributed by atoms with Crippen LogP contribution in [0.25, 0.3) is 0 Å². The maximum absolute atomic E-state index is 10.2. The van der Waals surface area contributed by atoms with Crippen LogP contribution in [0.15, 0.2) is 22.8 Å². The molecule has 0 aromatic carbocycles. The average molecular weight is 281 g/mol. The standard InChI is InChI=1S/C16H27NO3/c1-13(2)20-12-15(18)10-17(14-6-3-4-7-14)11-16-8-5-9-19-16/h5,8-9,13-15,18H,3-4,6-7,10-12H2,1-2H3. The number of hydrogen-bond acceptors (Lipinski definition) is 4. The maximum atomic E-state index is 10.2. The van der Waals surface area contributed by atoms with E-state index in [-0.39, 0.29) is 6.10 Å². The molecule has 0 aliphatic heterocycles. The molecule has 114 valence electrons. The molecule has 0 amide bonds. The Morgan fingerprint density at radius 1 is 1.40 bits per heavy atom. The summed E-state index contributed by atoms with van der Waals surface area (Å²) in [7, 11) is 0. The number of aliphatic hydroxyl groups excluding tert-OH is 1. The van der Waals surface area contributed by atoms with Gasteiger partial charge in [0.25, 0.3) is 0 Å². The molecule has 1 aromatic heterocycles. The summed E-state index contributed by atoms with van der Waals surface area (Å²) in [5.41, 5.74) is 0. The second-order valence-electron chi connectivity index (χ2n) is 5.98. The first-order valence-corrected chi connectivity index (χ1v) is 7.71. The van der Waals surface area contributed by atoms with Crippen LogP contribution in [0.4, 0.5) is 0 Å². The number of hydrogen-bond donors (Lipinski definition) is 1. The van der Waals surface area contributed by atoms with Crippen molar-refractivity contribution in [2.75, 3.05) is 13.2 Å². The van der Waals surface area contributed by atoms with E-state index >= 15 is 0 Å². The van der Waals surface area contributed by atoms with Gasteiger partial charge in [0.1, 0.15) is 5.76 Å². The van der Waals surface area contributed by atoms with Crippen molar-refractivity contribution in [2.45, 2.75) is 64.3 Å². The number of aliphatic hydroxyl groups is 1. The molecule has 1 aliphatic rings. The molecule has 1 aromatic rings. The lowest BCUT2D eigenvalue weighted by Crippen LogP contribution is -2.40. The zero-order valence-electron chi connectivity index (χ0n) is 12.6. The fraction of sp³-hybridized carbons (Fsp3) is 0.750. The highest BCUT2D eigenvalue weighted by atomic mass is 16.5. The molecule has 0 spiro atoms. The van der Waals surface area contributed by atoms with Crippen LogP contribution in [-0.4, -0.2) is 41.4 Å². The van der Waals surface area contributed by atoms with Gasteiger partial charge < -0.3 is 14.3 Å². The molecule has 20 heavy (non-hydrogen) atoms. The van der Waals surface area contributed by atoms with E-state index in [0.29, 0.717) is 19.2 Å². The average Bonchev–Trinajstić information content (AvgIpc) is 3.08. The minimum atomic E-state index is -0.437. The lowest BCUT2D eigenvalue weighted by atomic mass is 10.2. The van der Waals surface area contributed by atoms with Crippen molar-refractivity contribution >= 4 is 0 Å². The van der Waals surface area contributed by atoms with Gasteiger partial charge in [0.05, 0.1) is 31.6 Å². The zero-order valence-corrected chi connectivity index (χ0v) is 12.6. The maximum Gasteiger partial charge on any atom is 0.117 e.